The summed E-state index contributed by atoms with van der Waals surface area (Å²) in [6.45, 7) is 1.17. The number of H-pyrrole nitrogens is 2. The molecule has 4 atom stereocenters. The van der Waals surface area contributed by atoms with E-state index in [4.69, 9.17) is 19.4 Å². The van der Waals surface area contributed by atoms with E-state index >= 15 is 0 Å². The zero-order valence-corrected chi connectivity index (χ0v) is 36.0. The quantitative estimate of drug-likeness (QED) is 0.0987. The predicted molar refractivity (Wildman–Crippen MR) is 235 cm³/mol. The Balaban J connectivity index is 0.846. The number of amides is 4. The molecule has 2 bridgehead atoms. The number of aromatic nitrogens is 4. The summed E-state index contributed by atoms with van der Waals surface area (Å²) in [5, 5.41) is 5.52. The number of fused-ring (bicyclic) bond motifs is 3. The smallest absolute Gasteiger partial charge is 0.407 e. The first-order chi connectivity index (χ1) is 30.7. The van der Waals surface area contributed by atoms with Crippen LogP contribution in [0.15, 0.2) is 97.3 Å². The second kappa shape index (κ2) is 17.7. The number of aromatic amines is 2. The monoisotopic (exact) mass is 852 g/mol. The molecule has 2 saturated heterocycles. The number of rotatable bonds is 12. The lowest BCUT2D eigenvalue weighted by Crippen LogP contribution is -2.49. The number of methoxy groups -OCH3 is 2. The van der Waals surface area contributed by atoms with Crippen LogP contribution in [0.25, 0.3) is 11.3 Å². The minimum atomic E-state index is -0.870. The standard InChI is InChI=1S/C49H56N8O6/c1-62-46(60)53-36(29-32-11-5-3-6-12-32)44(58)56-27-9-16-39(56)43-51-31-40(54-43)49-24-21-48(22-25-49,23-26-49)35-19-17-33(18-20-35)37-30-50-42(52-37)38-15-10-28-57(38)45(59)41(55-47(61)63-2)34-13-7-4-8-14-34/h3-8,11-14,17-20,30-31,36,38-39,41H,9-10,15-16,21-29H2,1-2H3,(H,50,52)(H,51,54)(H,53,60)(H,55,61). The topological polar surface area (TPSA) is 175 Å². The third-order valence-electron chi connectivity index (χ3n) is 14.4. The second-order valence-electron chi connectivity index (χ2n) is 17.7. The highest BCUT2D eigenvalue weighted by molar-refractivity contribution is 5.88. The van der Waals surface area contributed by atoms with Crippen molar-refractivity contribution in [1.29, 1.82) is 0 Å². The van der Waals surface area contributed by atoms with Gasteiger partial charge in [0.2, 0.25) is 5.91 Å². The molecule has 10 rings (SSSR count). The number of likely N-dealkylation sites (tertiary alicyclic amines) is 2. The van der Waals surface area contributed by atoms with E-state index in [2.05, 4.69) is 44.9 Å². The molecule has 4 unspecified atom stereocenters. The van der Waals surface area contributed by atoms with Crippen molar-refractivity contribution in [2.45, 2.75) is 106 Å². The number of carbonyl (C=O) groups is 4. The molecular weight excluding hydrogens is 797 g/mol. The largest absolute Gasteiger partial charge is 0.453 e. The predicted octanol–water partition coefficient (Wildman–Crippen LogP) is 7.74. The van der Waals surface area contributed by atoms with E-state index < -0.39 is 24.3 Å². The summed E-state index contributed by atoms with van der Waals surface area (Å²) in [5.41, 5.74) is 6.28. The lowest BCUT2D eigenvalue weighted by atomic mass is 9.51. The fourth-order valence-electron chi connectivity index (χ4n) is 10.8. The van der Waals surface area contributed by atoms with Crippen molar-refractivity contribution < 1.29 is 28.7 Å². The molecule has 3 aromatic carbocycles. The molecule has 5 aromatic rings. The van der Waals surface area contributed by atoms with E-state index in [0.717, 1.165) is 92.7 Å². The van der Waals surface area contributed by atoms with Crippen molar-refractivity contribution in [3.8, 4) is 11.3 Å². The van der Waals surface area contributed by atoms with Gasteiger partial charge in [-0.2, -0.15) is 0 Å². The molecule has 2 aliphatic heterocycles. The first kappa shape index (κ1) is 41.9. The van der Waals surface area contributed by atoms with Crippen molar-refractivity contribution in [3.63, 3.8) is 0 Å². The van der Waals surface area contributed by atoms with E-state index in [1.807, 2.05) is 82.9 Å². The Kier molecular flexibility index (Phi) is 11.8. The van der Waals surface area contributed by atoms with Crippen LogP contribution < -0.4 is 10.6 Å². The highest BCUT2D eigenvalue weighted by Gasteiger charge is 2.51. The third-order valence-corrected chi connectivity index (χ3v) is 14.4. The van der Waals surface area contributed by atoms with Crippen LogP contribution in [0, 0.1) is 0 Å². The second-order valence-corrected chi connectivity index (χ2v) is 17.7. The van der Waals surface area contributed by atoms with Crippen molar-refractivity contribution in [3.05, 3.63) is 131 Å². The maximum Gasteiger partial charge on any atom is 0.407 e. The Hall–Kier alpha value is -6.44. The minimum Gasteiger partial charge on any atom is -0.453 e. The van der Waals surface area contributed by atoms with Gasteiger partial charge in [-0.25, -0.2) is 19.6 Å². The molecule has 3 aliphatic carbocycles. The number of hydrogen-bond acceptors (Lipinski definition) is 8. The number of benzene rings is 3. The zero-order valence-electron chi connectivity index (χ0n) is 36.0. The Labute approximate surface area is 367 Å². The number of nitrogens with one attached hydrogen (secondary N) is 4. The van der Waals surface area contributed by atoms with Gasteiger partial charge >= 0.3 is 12.2 Å². The first-order valence-electron chi connectivity index (χ1n) is 22.3. The summed E-state index contributed by atoms with van der Waals surface area (Å²) < 4.78 is 9.74. The fourth-order valence-corrected chi connectivity index (χ4v) is 10.8. The molecule has 4 N–H and O–H groups in total. The number of ether oxygens (including phenoxy) is 2. The number of hydrogen-bond donors (Lipinski definition) is 4. The molecule has 14 nitrogen and oxygen atoms in total. The van der Waals surface area contributed by atoms with Crippen molar-refractivity contribution in [2.24, 2.45) is 0 Å². The molecule has 328 valence electrons. The molecule has 63 heavy (non-hydrogen) atoms. The average molecular weight is 853 g/mol. The highest BCUT2D eigenvalue weighted by Crippen LogP contribution is 2.58. The van der Waals surface area contributed by atoms with Gasteiger partial charge in [0.25, 0.3) is 5.91 Å². The van der Waals surface area contributed by atoms with Gasteiger partial charge in [0.1, 0.15) is 23.7 Å². The van der Waals surface area contributed by atoms with Crippen molar-refractivity contribution in [2.75, 3.05) is 27.3 Å². The van der Waals surface area contributed by atoms with Gasteiger partial charge in [0, 0.05) is 36.8 Å². The van der Waals surface area contributed by atoms with E-state index in [9.17, 15) is 19.2 Å². The molecule has 5 aliphatic rings. The van der Waals surface area contributed by atoms with Gasteiger partial charge in [-0.05, 0) is 91.9 Å². The number of imidazole rings is 2. The number of alkyl carbamates (subject to hydrolysis) is 2. The SMILES string of the molecule is COC(=O)NC(Cc1ccccc1)C(=O)N1CCCC1c1ncc(C23CCC(c4ccc(-c5cnc(C6CCCN6C(=O)C(NC(=O)OC)c6ccccc6)[nH]5)cc4)(CC2)CC3)[nH]1. The number of carbonyl (C=O) groups excluding carboxylic acids is 4. The fraction of sp³-hybridized carbons (Fsp3) is 0.429. The molecule has 3 saturated carbocycles. The molecule has 0 spiro atoms. The third kappa shape index (κ3) is 8.30. The van der Waals surface area contributed by atoms with Crippen molar-refractivity contribution >= 4 is 24.0 Å². The molecule has 4 amide bonds. The molecule has 0 radical (unpaired) electrons. The summed E-state index contributed by atoms with van der Waals surface area (Å²) in [4.78, 5) is 73.3. The average Bonchev–Trinajstić information content (AvgIpc) is 4.19. The van der Waals surface area contributed by atoms with E-state index in [1.54, 1.807) is 0 Å². The first-order valence-corrected chi connectivity index (χ1v) is 22.3. The lowest BCUT2D eigenvalue weighted by Gasteiger charge is -2.53. The Morgan fingerprint density at radius 2 is 1.24 bits per heavy atom. The Bertz CT molecular complexity index is 2390. The van der Waals surface area contributed by atoms with Crippen LogP contribution in [0.4, 0.5) is 9.59 Å². The molecule has 2 aromatic heterocycles. The Morgan fingerprint density at radius 1 is 0.683 bits per heavy atom. The molecule has 14 heteroatoms. The van der Waals surface area contributed by atoms with Crippen LogP contribution in [0.2, 0.25) is 0 Å². The Morgan fingerprint density at radius 3 is 1.87 bits per heavy atom. The van der Waals surface area contributed by atoms with Gasteiger partial charge < -0.3 is 39.9 Å². The maximum atomic E-state index is 14.1. The zero-order chi connectivity index (χ0) is 43.6. The van der Waals surface area contributed by atoms with Gasteiger partial charge in [-0.1, -0.05) is 84.9 Å². The van der Waals surface area contributed by atoms with Crippen molar-refractivity contribution in [1.82, 2.24) is 40.4 Å². The van der Waals surface area contributed by atoms with Crippen LogP contribution in [0.1, 0.15) is 116 Å². The van der Waals surface area contributed by atoms with Crippen LogP contribution in [0.3, 0.4) is 0 Å². The molecule has 4 heterocycles. The molecular formula is C49H56N8O6. The summed E-state index contributed by atoms with van der Waals surface area (Å²) in [5.74, 6) is 1.23. The lowest BCUT2D eigenvalue weighted by molar-refractivity contribution is -0.135. The van der Waals surface area contributed by atoms with E-state index in [1.165, 1.54) is 25.5 Å². The normalized spacial score (nSPS) is 23.8. The van der Waals surface area contributed by atoms with Gasteiger partial charge in [-0.15, -0.1) is 0 Å². The van der Waals surface area contributed by atoms with Crippen LogP contribution in [-0.4, -0.2) is 87.1 Å². The van der Waals surface area contributed by atoms with Crippen LogP contribution in [-0.2, 0) is 36.3 Å². The maximum absolute atomic E-state index is 14.1. The van der Waals surface area contributed by atoms with E-state index in [0.29, 0.717) is 25.1 Å². The number of nitrogens with zero attached hydrogens (tertiary/aromatic N) is 4. The van der Waals surface area contributed by atoms with Crippen LogP contribution >= 0.6 is 0 Å². The summed E-state index contributed by atoms with van der Waals surface area (Å²) in [7, 11) is 2.60. The van der Waals surface area contributed by atoms with Crippen LogP contribution in [0.5, 0.6) is 0 Å². The van der Waals surface area contributed by atoms with Gasteiger partial charge in [-0.3, -0.25) is 9.59 Å². The highest BCUT2D eigenvalue weighted by atomic mass is 16.5. The summed E-state index contributed by atoms with van der Waals surface area (Å²) >= 11 is 0. The summed E-state index contributed by atoms with van der Waals surface area (Å²) in [6.07, 6.45) is 12.7. The van der Waals surface area contributed by atoms with E-state index in [-0.39, 0.29) is 34.7 Å². The van der Waals surface area contributed by atoms with Gasteiger partial charge in [0.05, 0.1) is 38.2 Å². The summed E-state index contributed by atoms with van der Waals surface area (Å²) in [6, 6.07) is 25.8. The minimum absolute atomic E-state index is 0.0287. The van der Waals surface area contributed by atoms with Gasteiger partial charge in [0.15, 0.2) is 0 Å². The molecule has 5 fully saturated rings.